The Bertz CT molecular complexity index is 1120. The fourth-order valence-corrected chi connectivity index (χ4v) is 3.99. The molecular formula is C22H21N3O2S. The Morgan fingerprint density at radius 1 is 0.964 bits per heavy atom. The summed E-state index contributed by atoms with van der Waals surface area (Å²) in [5.41, 5.74) is 5.27. The summed E-state index contributed by atoms with van der Waals surface area (Å²) in [5, 5.41) is 12.1. The van der Waals surface area contributed by atoms with Crippen LogP contribution < -0.4 is 10.1 Å². The Kier molecular flexibility index (Phi) is 4.75. The second-order valence-corrected chi connectivity index (χ2v) is 8.49. The molecule has 3 aromatic carbocycles. The number of aryl methyl sites for hydroxylation is 1. The molecule has 0 radical (unpaired) electrons. The highest BCUT2D eigenvalue weighted by molar-refractivity contribution is 7.89. The van der Waals surface area contributed by atoms with Gasteiger partial charge in [-0.2, -0.15) is 5.10 Å². The molecule has 28 heavy (non-hydrogen) atoms. The molecule has 1 atom stereocenters. The lowest BCUT2D eigenvalue weighted by Crippen LogP contribution is -2.19. The topological polar surface area (TPSA) is 75.8 Å². The molecule has 5 nitrogen and oxygen atoms in total. The normalized spacial score (nSPS) is 16.9. The summed E-state index contributed by atoms with van der Waals surface area (Å²) >= 11 is 0. The third kappa shape index (κ3) is 3.69. The van der Waals surface area contributed by atoms with Gasteiger partial charge in [0.25, 0.3) is 0 Å². The number of nitrogens with zero attached hydrogens (tertiary/aromatic N) is 2. The van der Waals surface area contributed by atoms with Crippen molar-refractivity contribution < 1.29 is 8.42 Å². The maximum absolute atomic E-state index is 11.6. The van der Waals surface area contributed by atoms with Gasteiger partial charge in [0, 0.05) is 6.42 Å². The molecule has 4 rings (SSSR count). The van der Waals surface area contributed by atoms with E-state index in [0.717, 1.165) is 23.4 Å². The van der Waals surface area contributed by atoms with E-state index in [2.05, 4.69) is 37.3 Å². The molecule has 1 heterocycles. The van der Waals surface area contributed by atoms with Crippen molar-refractivity contribution in [2.45, 2.75) is 24.3 Å². The first-order chi connectivity index (χ1) is 13.4. The highest BCUT2D eigenvalue weighted by Crippen LogP contribution is 2.37. The standard InChI is InChI=1S/C22H21N3O2S/c1-16-6-5-9-18(14-16)22-15-21(17-7-3-2-4-8-17)24-25(22)19-10-12-20(13-11-19)28(23,26)27/h2-14,22H,15H2,1H3,(H2,23,26,27). The summed E-state index contributed by atoms with van der Waals surface area (Å²) in [7, 11) is -3.72. The SMILES string of the molecule is Cc1cccc(C2CC(c3ccccc3)=NN2c2ccc(S(N)(=O)=O)cc2)c1. The zero-order valence-electron chi connectivity index (χ0n) is 15.5. The molecule has 0 aliphatic carbocycles. The van der Waals surface area contributed by atoms with Gasteiger partial charge >= 0.3 is 0 Å². The minimum absolute atomic E-state index is 0.0374. The lowest BCUT2D eigenvalue weighted by Gasteiger charge is -2.24. The Morgan fingerprint density at radius 3 is 2.32 bits per heavy atom. The summed E-state index contributed by atoms with van der Waals surface area (Å²) in [6.45, 7) is 2.07. The number of hydrogen-bond donors (Lipinski definition) is 1. The smallest absolute Gasteiger partial charge is 0.238 e. The van der Waals surface area contributed by atoms with Gasteiger partial charge in [-0.25, -0.2) is 13.6 Å². The van der Waals surface area contributed by atoms with Crippen LogP contribution in [0.5, 0.6) is 0 Å². The molecule has 0 spiro atoms. The summed E-state index contributed by atoms with van der Waals surface area (Å²) in [6.07, 6.45) is 0.768. The lowest BCUT2D eigenvalue weighted by molar-refractivity contribution is 0.597. The molecule has 1 aliphatic heterocycles. The Hall–Kier alpha value is -2.96. The molecule has 1 unspecified atom stereocenters. The number of nitrogens with two attached hydrogens (primary N) is 1. The van der Waals surface area contributed by atoms with Crippen LogP contribution in [0, 0.1) is 6.92 Å². The molecule has 1 aliphatic rings. The number of hydrogen-bond acceptors (Lipinski definition) is 4. The highest BCUT2D eigenvalue weighted by Gasteiger charge is 2.30. The van der Waals surface area contributed by atoms with Crippen LogP contribution in [0.2, 0.25) is 0 Å². The van der Waals surface area contributed by atoms with E-state index in [1.165, 1.54) is 23.3 Å². The van der Waals surface area contributed by atoms with Gasteiger partial charge in [-0.05, 0) is 42.3 Å². The van der Waals surface area contributed by atoms with Crippen molar-refractivity contribution in [2.24, 2.45) is 10.2 Å². The second-order valence-electron chi connectivity index (χ2n) is 6.93. The van der Waals surface area contributed by atoms with Crippen molar-refractivity contribution >= 4 is 21.4 Å². The highest BCUT2D eigenvalue weighted by atomic mass is 32.2. The van der Waals surface area contributed by atoms with E-state index >= 15 is 0 Å². The number of benzene rings is 3. The van der Waals surface area contributed by atoms with E-state index < -0.39 is 10.0 Å². The largest absolute Gasteiger partial charge is 0.257 e. The summed E-state index contributed by atoms with van der Waals surface area (Å²) in [4.78, 5) is 0.0924. The van der Waals surface area contributed by atoms with Crippen molar-refractivity contribution in [3.63, 3.8) is 0 Å². The molecule has 0 saturated carbocycles. The van der Waals surface area contributed by atoms with E-state index in [4.69, 9.17) is 10.2 Å². The molecule has 0 fully saturated rings. The van der Waals surface area contributed by atoms with Gasteiger partial charge in [0.15, 0.2) is 0 Å². The fraction of sp³-hybridized carbons (Fsp3) is 0.136. The van der Waals surface area contributed by atoms with Gasteiger partial charge < -0.3 is 0 Å². The average Bonchev–Trinajstić information content (AvgIpc) is 3.14. The third-order valence-electron chi connectivity index (χ3n) is 4.87. The van der Waals surface area contributed by atoms with Gasteiger partial charge in [0.1, 0.15) is 0 Å². The molecule has 0 saturated heterocycles. The number of anilines is 1. The molecular weight excluding hydrogens is 370 g/mol. The van der Waals surface area contributed by atoms with Gasteiger partial charge in [-0.3, -0.25) is 5.01 Å². The first kappa shape index (κ1) is 18.4. The number of sulfonamides is 1. The van der Waals surface area contributed by atoms with Crippen molar-refractivity contribution in [2.75, 3.05) is 5.01 Å². The average molecular weight is 391 g/mol. The number of rotatable bonds is 4. The van der Waals surface area contributed by atoms with Gasteiger partial charge in [0.05, 0.1) is 22.3 Å². The van der Waals surface area contributed by atoms with Crippen LogP contribution in [-0.2, 0) is 10.0 Å². The van der Waals surface area contributed by atoms with Crippen LogP contribution in [-0.4, -0.2) is 14.1 Å². The molecule has 2 N–H and O–H groups in total. The van der Waals surface area contributed by atoms with E-state index in [0.29, 0.717) is 0 Å². The molecule has 6 heteroatoms. The molecule has 0 bridgehead atoms. The van der Waals surface area contributed by atoms with Crippen molar-refractivity contribution in [3.8, 4) is 0 Å². The number of primary sulfonamides is 1. The lowest BCUT2D eigenvalue weighted by atomic mass is 9.97. The maximum atomic E-state index is 11.6. The quantitative estimate of drug-likeness (QED) is 0.730. The molecule has 0 aromatic heterocycles. The van der Waals surface area contributed by atoms with Gasteiger partial charge in [-0.15, -0.1) is 0 Å². The van der Waals surface area contributed by atoms with Crippen molar-refractivity contribution in [3.05, 3.63) is 95.6 Å². The predicted molar refractivity (Wildman–Crippen MR) is 112 cm³/mol. The van der Waals surface area contributed by atoms with E-state index in [1.807, 2.05) is 29.3 Å². The van der Waals surface area contributed by atoms with Gasteiger partial charge in [0.2, 0.25) is 10.0 Å². The first-order valence-corrected chi connectivity index (χ1v) is 10.6. The van der Waals surface area contributed by atoms with Crippen LogP contribution in [0.15, 0.2) is 88.9 Å². The van der Waals surface area contributed by atoms with Crippen LogP contribution in [0.3, 0.4) is 0 Å². The predicted octanol–water partition coefficient (Wildman–Crippen LogP) is 4.00. The van der Waals surface area contributed by atoms with Crippen molar-refractivity contribution in [1.29, 1.82) is 0 Å². The zero-order valence-corrected chi connectivity index (χ0v) is 16.3. The van der Waals surface area contributed by atoms with Crippen LogP contribution >= 0.6 is 0 Å². The summed E-state index contributed by atoms with van der Waals surface area (Å²) in [6, 6.07) is 25.1. The van der Waals surface area contributed by atoms with Crippen LogP contribution in [0.4, 0.5) is 5.69 Å². The maximum Gasteiger partial charge on any atom is 0.238 e. The second kappa shape index (κ2) is 7.22. The van der Waals surface area contributed by atoms with Crippen LogP contribution in [0.1, 0.15) is 29.2 Å². The Labute approximate surface area is 165 Å². The minimum Gasteiger partial charge on any atom is -0.257 e. The van der Waals surface area contributed by atoms with E-state index in [9.17, 15) is 8.42 Å². The number of hydrazone groups is 1. The monoisotopic (exact) mass is 391 g/mol. The van der Waals surface area contributed by atoms with Gasteiger partial charge in [-0.1, -0.05) is 60.2 Å². The minimum atomic E-state index is -3.72. The van der Waals surface area contributed by atoms with Crippen LogP contribution in [0.25, 0.3) is 0 Å². The molecule has 142 valence electrons. The zero-order chi connectivity index (χ0) is 19.7. The molecule has 0 amide bonds. The fourth-order valence-electron chi connectivity index (χ4n) is 3.48. The summed E-state index contributed by atoms with van der Waals surface area (Å²) < 4.78 is 23.1. The first-order valence-electron chi connectivity index (χ1n) is 9.03. The Morgan fingerprint density at radius 2 is 1.68 bits per heavy atom. The van der Waals surface area contributed by atoms with E-state index in [1.54, 1.807) is 12.1 Å². The molecule has 3 aromatic rings. The Balaban J connectivity index is 1.76. The third-order valence-corrected chi connectivity index (χ3v) is 5.80. The van der Waals surface area contributed by atoms with E-state index in [-0.39, 0.29) is 10.9 Å². The summed E-state index contributed by atoms with van der Waals surface area (Å²) in [5.74, 6) is 0. The van der Waals surface area contributed by atoms with Crippen molar-refractivity contribution in [1.82, 2.24) is 0 Å².